The number of hydrogen-bond donors (Lipinski definition) is 3. The van der Waals surface area contributed by atoms with Crippen molar-refractivity contribution in [2.45, 2.75) is 13.5 Å². The van der Waals surface area contributed by atoms with Gasteiger partial charge in [0.2, 0.25) is 0 Å². The minimum atomic E-state index is -0.155. The number of rotatable bonds is 9. The molecule has 0 bridgehead atoms. The topological polar surface area (TPSA) is 86.2 Å². The second-order valence-corrected chi connectivity index (χ2v) is 7.16. The van der Waals surface area contributed by atoms with Crippen LogP contribution in [-0.4, -0.2) is 26.2 Å². The van der Waals surface area contributed by atoms with Crippen LogP contribution in [0.2, 0.25) is 0 Å². The molecule has 6 nitrogen and oxygen atoms in total. The molecular formula is C25H26N4O2. The van der Waals surface area contributed by atoms with Gasteiger partial charge in [0.25, 0.3) is 5.91 Å². The van der Waals surface area contributed by atoms with Crippen molar-refractivity contribution in [2.24, 2.45) is 0 Å². The zero-order chi connectivity index (χ0) is 22.1. The van der Waals surface area contributed by atoms with Gasteiger partial charge < -0.3 is 20.7 Å². The maximum Gasteiger partial charge on any atom is 0.255 e. The lowest BCUT2D eigenvalue weighted by molar-refractivity contribution is 0.102. The molecule has 0 atom stereocenters. The van der Waals surface area contributed by atoms with Crippen molar-refractivity contribution >= 4 is 23.0 Å². The maximum atomic E-state index is 12.7. The second kappa shape index (κ2) is 10.9. The monoisotopic (exact) mass is 414 g/mol. The summed E-state index contributed by atoms with van der Waals surface area (Å²) in [7, 11) is 1.68. The molecule has 0 aliphatic heterocycles. The van der Waals surface area contributed by atoms with E-state index in [9.17, 15) is 4.79 Å². The highest BCUT2D eigenvalue weighted by Crippen LogP contribution is 2.24. The van der Waals surface area contributed by atoms with Crippen LogP contribution in [0.3, 0.4) is 0 Å². The van der Waals surface area contributed by atoms with Crippen molar-refractivity contribution in [2.75, 3.05) is 30.9 Å². The van der Waals surface area contributed by atoms with Crippen LogP contribution in [0, 0.1) is 18.3 Å². The first-order valence-corrected chi connectivity index (χ1v) is 10.1. The highest BCUT2D eigenvalue weighted by atomic mass is 16.5. The van der Waals surface area contributed by atoms with E-state index >= 15 is 0 Å². The molecule has 0 radical (unpaired) electrons. The van der Waals surface area contributed by atoms with Crippen LogP contribution in [0.1, 0.15) is 27.0 Å². The largest absolute Gasteiger partial charge is 0.383 e. The number of benzene rings is 3. The summed E-state index contributed by atoms with van der Waals surface area (Å²) in [5.74, 6) is -0.155. The van der Waals surface area contributed by atoms with Gasteiger partial charge in [-0.25, -0.2) is 0 Å². The van der Waals surface area contributed by atoms with Gasteiger partial charge in [-0.2, -0.15) is 5.26 Å². The smallest absolute Gasteiger partial charge is 0.255 e. The van der Waals surface area contributed by atoms with Crippen LogP contribution >= 0.6 is 0 Å². The first kappa shape index (κ1) is 22.0. The van der Waals surface area contributed by atoms with Crippen LogP contribution in [0.15, 0.2) is 66.7 Å². The molecule has 0 saturated heterocycles. The van der Waals surface area contributed by atoms with Gasteiger partial charge in [0, 0.05) is 42.8 Å². The molecule has 1 amide bonds. The molecule has 0 heterocycles. The Bertz CT molecular complexity index is 1050. The van der Waals surface area contributed by atoms with Crippen LogP contribution < -0.4 is 16.0 Å². The Balaban J connectivity index is 1.63. The van der Waals surface area contributed by atoms with E-state index in [-0.39, 0.29) is 5.91 Å². The standard InChI is InChI=1S/C25H26N4O2/c1-18-3-10-23(28-22-11-6-19(16-26)7-12-22)15-24(18)29-25(30)21-8-4-20(5-9-21)17-27-13-14-31-2/h3-12,15,27-28H,13-14,17H2,1-2H3,(H,29,30). The molecule has 3 N–H and O–H groups in total. The van der Waals surface area contributed by atoms with Crippen LogP contribution in [0.5, 0.6) is 0 Å². The van der Waals surface area contributed by atoms with Gasteiger partial charge in [-0.1, -0.05) is 18.2 Å². The molecule has 3 aromatic rings. The van der Waals surface area contributed by atoms with E-state index in [1.807, 2.05) is 61.5 Å². The van der Waals surface area contributed by atoms with Crippen LogP contribution in [-0.2, 0) is 11.3 Å². The number of aryl methyl sites for hydroxylation is 1. The number of methoxy groups -OCH3 is 1. The Hall–Kier alpha value is -3.66. The average Bonchev–Trinajstić information content (AvgIpc) is 2.80. The Morgan fingerprint density at radius 3 is 2.39 bits per heavy atom. The van der Waals surface area contributed by atoms with Gasteiger partial charge in [-0.05, 0) is 66.6 Å². The van der Waals surface area contributed by atoms with Crippen molar-refractivity contribution in [1.82, 2.24) is 5.32 Å². The number of carbonyl (C=O) groups excluding carboxylic acids is 1. The quantitative estimate of drug-likeness (QED) is 0.446. The lowest BCUT2D eigenvalue weighted by Gasteiger charge is -2.13. The number of carbonyl (C=O) groups is 1. The summed E-state index contributed by atoms with van der Waals surface area (Å²) in [5.41, 5.74) is 5.76. The summed E-state index contributed by atoms with van der Waals surface area (Å²) < 4.78 is 5.02. The van der Waals surface area contributed by atoms with E-state index in [0.29, 0.717) is 17.7 Å². The summed E-state index contributed by atoms with van der Waals surface area (Å²) >= 11 is 0. The molecule has 0 spiro atoms. The number of ether oxygens (including phenoxy) is 1. The number of nitrogens with one attached hydrogen (secondary N) is 3. The Morgan fingerprint density at radius 1 is 1.00 bits per heavy atom. The fraction of sp³-hybridized carbons (Fsp3) is 0.200. The average molecular weight is 415 g/mol. The lowest BCUT2D eigenvalue weighted by atomic mass is 10.1. The molecule has 6 heteroatoms. The lowest BCUT2D eigenvalue weighted by Crippen LogP contribution is -2.18. The minimum absolute atomic E-state index is 0.155. The van der Waals surface area contributed by atoms with Crippen molar-refractivity contribution in [3.05, 3.63) is 89.0 Å². The summed E-state index contributed by atoms with van der Waals surface area (Å²) in [6.45, 7) is 4.13. The molecule has 0 fully saturated rings. The molecule has 0 unspecified atom stereocenters. The fourth-order valence-corrected chi connectivity index (χ4v) is 3.00. The number of amides is 1. The van der Waals surface area contributed by atoms with E-state index in [1.54, 1.807) is 19.2 Å². The third-order valence-corrected chi connectivity index (χ3v) is 4.82. The van der Waals surface area contributed by atoms with Gasteiger partial charge in [-0.3, -0.25) is 4.79 Å². The van der Waals surface area contributed by atoms with Gasteiger partial charge in [-0.15, -0.1) is 0 Å². The first-order valence-electron chi connectivity index (χ1n) is 10.1. The molecule has 0 aliphatic carbocycles. The highest BCUT2D eigenvalue weighted by molar-refractivity contribution is 6.04. The highest BCUT2D eigenvalue weighted by Gasteiger charge is 2.09. The van der Waals surface area contributed by atoms with E-state index in [2.05, 4.69) is 22.0 Å². The number of nitriles is 1. The van der Waals surface area contributed by atoms with E-state index in [0.717, 1.165) is 41.3 Å². The molecule has 0 saturated carbocycles. The van der Waals surface area contributed by atoms with Crippen LogP contribution in [0.25, 0.3) is 0 Å². The predicted molar refractivity (Wildman–Crippen MR) is 124 cm³/mol. The van der Waals surface area contributed by atoms with Crippen molar-refractivity contribution in [1.29, 1.82) is 5.26 Å². The summed E-state index contributed by atoms with van der Waals surface area (Å²) in [6.07, 6.45) is 0. The Labute approximate surface area is 182 Å². The SMILES string of the molecule is COCCNCc1ccc(C(=O)Nc2cc(Nc3ccc(C#N)cc3)ccc2C)cc1. The third kappa shape index (κ3) is 6.41. The number of nitrogens with zero attached hydrogens (tertiary/aromatic N) is 1. The number of hydrogen-bond acceptors (Lipinski definition) is 5. The van der Waals surface area contributed by atoms with E-state index in [1.165, 1.54) is 0 Å². The Kier molecular flexibility index (Phi) is 7.77. The van der Waals surface area contributed by atoms with Gasteiger partial charge in [0.1, 0.15) is 0 Å². The molecule has 31 heavy (non-hydrogen) atoms. The van der Waals surface area contributed by atoms with Crippen molar-refractivity contribution < 1.29 is 9.53 Å². The third-order valence-electron chi connectivity index (χ3n) is 4.82. The Morgan fingerprint density at radius 2 is 1.71 bits per heavy atom. The van der Waals surface area contributed by atoms with E-state index < -0.39 is 0 Å². The van der Waals surface area contributed by atoms with Gasteiger partial charge in [0.05, 0.1) is 18.2 Å². The van der Waals surface area contributed by atoms with Gasteiger partial charge in [0.15, 0.2) is 0 Å². The van der Waals surface area contributed by atoms with E-state index in [4.69, 9.17) is 10.00 Å². The zero-order valence-corrected chi connectivity index (χ0v) is 17.7. The molecule has 158 valence electrons. The summed E-state index contributed by atoms with van der Waals surface area (Å²) in [4.78, 5) is 12.7. The molecule has 0 aromatic heterocycles. The number of anilines is 3. The summed E-state index contributed by atoms with van der Waals surface area (Å²) in [5, 5.41) is 18.5. The van der Waals surface area contributed by atoms with Crippen molar-refractivity contribution in [3.8, 4) is 6.07 Å². The first-order chi connectivity index (χ1) is 15.1. The fourth-order valence-electron chi connectivity index (χ4n) is 3.00. The van der Waals surface area contributed by atoms with Gasteiger partial charge >= 0.3 is 0 Å². The zero-order valence-electron chi connectivity index (χ0n) is 17.7. The van der Waals surface area contributed by atoms with Crippen molar-refractivity contribution in [3.63, 3.8) is 0 Å². The summed E-state index contributed by atoms with van der Waals surface area (Å²) in [6, 6.07) is 22.7. The maximum absolute atomic E-state index is 12.7. The minimum Gasteiger partial charge on any atom is -0.383 e. The normalized spacial score (nSPS) is 10.4. The molecule has 3 aromatic carbocycles. The van der Waals surface area contributed by atoms with Crippen LogP contribution in [0.4, 0.5) is 17.1 Å². The molecule has 3 rings (SSSR count). The predicted octanol–water partition coefficient (Wildman–Crippen LogP) is 4.60. The molecular weight excluding hydrogens is 388 g/mol. The second-order valence-electron chi connectivity index (χ2n) is 7.16. The molecule has 0 aliphatic rings.